The maximum Gasteiger partial charge on any atom is 0.239 e. The van der Waals surface area contributed by atoms with Crippen LogP contribution in [0.5, 0.6) is 17.2 Å². The fourth-order valence-corrected chi connectivity index (χ4v) is 5.71. The number of nitrogens with zero attached hydrogens (tertiary/aromatic N) is 3. The first-order chi connectivity index (χ1) is 21.4. The van der Waals surface area contributed by atoms with Crippen LogP contribution in [0, 0.1) is 0 Å². The Morgan fingerprint density at radius 3 is 2.66 bits per heavy atom. The molecule has 0 radical (unpaired) electrons. The molecule has 4 bridgehead atoms. The van der Waals surface area contributed by atoms with Gasteiger partial charge in [0.2, 0.25) is 17.7 Å². The first-order valence-electron chi connectivity index (χ1n) is 15.1. The SMILES string of the molecule is COCCN1CC(=O)N[C@H]2CN(CC(=O)N3CCOCC3)C[C@@H]2OCc2cccc(c2)Oc2cc(ccc2OC)CCC1=O. The Morgan fingerprint density at radius 2 is 1.86 bits per heavy atom. The molecule has 3 amide bonds. The molecule has 3 aliphatic heterocycles. The number of ether oxygens (including phenoxy) is 5. The van der Waals surface area contributed by atoms with Gasteiger partial charge in [0, 0.05) is 46.3 Å². The highest BCUT2D eigenvalue weighted by Gasteiger charge is 2.36. The van der Waals surface area contributed by atoms with Gasteiger partial charge in [0.25, 0.3) is 0 Å². The molecule has 44 heavy (non-hydrogen) atoms. The van der Waals surface area contributed by atoms with Gasteiger partial charge in [-0.1, -0.05) is 18.2 Å². The summed E-state index contributed by atoms with van der Waals surface area (Å²) in [6, 6.07) is 12.9. The van der Waals surface area contributed by atoms with Crippen molar-refractivity contribution in [1.82, 2.24) is 20.0 Å². The van der Waals surface area contributed by atoms with E-state index in [0.717, 1.165) is 11.1 Å². The highest BCUT2D eigenvalue weighted by atomic mass is 16.5. The summed E-state index contributed by atoms with van der Waals surface area (Å²) in [4.78, 5) is 45.0. The van der Waals surface area contributed by atoms with Crippen molar-refractivity contribution in [2.45, 2.75) is 31.6 Å². The summed E-state index contributed by atoms with van der Waals surface area (Å²) in [6.45, 7) is 4.18. The number of fused-ring (bicyclic) bond motifs is 5. The van der Waals surface area contributed by atoms with E-state index in [2.05, 4.69) is 5.32 Å². The average Bonchev–Trinajstić information content (AvgIpc) is 3.41. The van der Waals surface area contributed by atoms with Crippen molar-refractivity contribution < 1.29 is 38.1 Å². The van der Waals surface area contributed by atoms with E-state index in [-0.39, 0.29) is 56.0 Å². The summed E-state index contributed by atoms with van der Waals surface area (Å²) in [5.41, 5.74) is 1.81. The number of rotatable bonds is 6. The van der Waals surface area contributed by atoms with Crippen LogP contribution in [-0.2, 0) is 41.6 Å². The van der Waals surface area contributed by atoms with Crippen molar-refractivity contribution in [3.63, 3.8) is 0 Å². The van der Waals surface area contributed by atoms with Crippen molar-refractivity contribution in [3.8, 4) is 17.2 Å². The van der Waals surface area contributed by atoms with Crippen LogP contribution in [0.3, 0.4) is 0 Å². The van der Waals surface area contributed by atoms with Gasteiger partial charge in [0.05, 0.1) is 58.8 Å². The van der Waals surface area contributed by atoms with E-state index in [1.165, 1.54) is 4.90 Å². The molecule has 2 aromatic carbocycles. The summed E-state index contributed by atoms with van der Waals surface area (Å²) < 4.78 is 28.7. The minimum Gasteiger partial charge on any atom is -0.493 e. The quantitative estimate of drug-likeness (QED) is 0.519. The minimum atomic E-state index is -0.361. The van der Waals surface area contributed by atoms with Gasteiger partial charge in [-0.2, -0.15) is 0 Å². The molecule has 0 unspecified atom stereocenters. The molecule has 0 aliphatic carbocycles. The smallest absolute Gasteiger partial charge is 0.239 e. The molecule has 2 aromatic rings. The van der Waals surface area contributed by atoms with Gasteiger partial charge in [-0.25, -0.2) is 0 Å². The largest absolute Gasteiger partial charge is 0.493 e. The highest BCUT2D eigenvalue weighted by molar-refractivity contribution is 5.85. The van der Waals surface area contributed by atoms with Crippen molar-refractivity contribution in [2.24, 2.45) is 0 Å². The third kappa shape index (κ3) is 8.47. The number of amides is 3. The van der Waals surface area contributed by atoms with Crippen molar-refractivity contribution in [1.29, 1.82) is 0 Å². The van der Waals surface area contributed by atoms with Crippen molar-refractivity contribution >= 4 is 17.7 Å². The van der Waals surface area contributed by atoms with Crippen molar-refractivity contribution in [3.05, 3.63) is 53.6 Å². The molecule has 12 heteroatoms. The number of aryl methyl sites for hydroxylation is 1. The standard InChI is InChI=1S/C32H42N4O8/c1-40-13-10-36-20-30(37)33-26-18-34(21-32(39)35-11-14-42-15-12-35)19-29(26)43-22-24-4-3-5-25(16-24)44-28-17-23(7-9-31(36)38)6-8-27(28)41-2/h3-6,8,16-17,26,29H,7,9-15,18-22H2,1-2H3,(H,33,37)/t26-,29-/m0/s1. The molecule has 2 atom stereocenters. The van der Waals surface area contributed by atoms with Gasteiger partial charge >= 0.3 is 0 Å². The van der Waals surface area contributed by atoms with Crippen LogP contribution in [0.25, 0.3) is 0 Å². The molecule has 2 saturated heterocycles. The van der Waals surface area contributed by atoms with Crippen molar-refractivity contribution in [2.75, 3.05) is 79.9 Å². The van der Waals surface area contributed by atoms with E-state index in [1.807, 2.05) is 52.3 Å². The number of morpholine rings is 1. The zero-order valence-corrected chi connectivity index (χ0v) is 25.5. The summed E-state index contributed by atoms with van der Waals surface area (Å²) in [6.07, 6.45) is 0.319. The number of likely N-dealkylation sites (tertiary alicyclic amines) is 1. The van der Waals surface area contributed by atoms with Gasteiger partial charge in [-0.3, -0.25) is 19.3 Å². The molecule has 3 aliphatic rings. The maximum atomic E-state index is 13.3. The van der Waals surface area contributed by atoms with Crippen LogP contribution in [-0.4, -0.2) is 124 Å². The second kappa shape index (κ2) is 15.3. The van der Waals surface area contributed by atoms with Gasteiger partial charge in [-0.15, -0.1) is 0 Å². The second-order valence-electron chi connectivity index (χ2n) is 11.3. The number of carbonyl (C=O) groups is 3. The molecule has 238 valence electrons. The number of carbonyl (C=O) groups excluding carboxylic acids is 3. The van der Waals surface area contributed by atoms with E-state index >= 15 is 0 Å². The molecule has 2 fully saturated rings. The van der Waals surface area contributed by atoms with Crippen LogP contribution in [0.1, 0.15) is 17.5 Å². The average molecular weight is 611 g/mol. The molecule has 12 nitrogen and oxygen atoms in total. The van der Waals surface area contributed by atoms with Crippen LogP contribution >= 0.6 is 0 Å². The van der Waals surface area contributed by atoms with Crippen LogP contribution < -0.4 is 14.8 Å². The lowest BCUT2D eigenvalue weighted by Crippen LogP contribution is -2.49. The number of benzene rings is 2. The predicted molar refractivity (Wildman–Crippen MR) is 161 cm³/mol. The topological polar surface area (TPSA) is 119 Å². The molecule has 3 heterocycles. The fraction of sp³-hybridized carbons (Fsp3) is 0.531. The highest BCUT2D eigenvalue weighted by Crippen LogP contribution is 2.33. The van der Waals surface area contributed by atoms with E-state index in [0.29, 0.717) is 76.2 Å². The monoisotopic (exact) mass is 610 g/mol. The lowest BCUT2D eigenvalue weighted by atomic mass is 10.1. The molecular weight excluding hydrogens is 568 g/mol. The first-order valence-corrected chi connectivity index (χ1v) is 15.1. The van der Waals surface area contributed by atoms with E-state index < -0.39 is 0 Å². The Hall–Kier alpha value is -3.71. The second-order valence-corrected chi connectivity index (χ2v) is 11.3. The molecule has 0 aromatic heterocycles. The zero-order chi connectivity index (χ0) is 30.9. The summed E-state index contributed by atoms with van der Waals surface area (Å²) in [5, 5.41) is 3.09. The predicted octanol–water partition coefficient (Wildman–Crippen LogP) is 1.45. The van der Waals surface area contributed by atoms with Crippen LogP contribution in [0.4, 0.5) is 0 Å². The number of hydrogen-bond acceptors (Lipinski definition) is 9. The van der Waals surface area contributed by atoms with Gasteiger partial charge in [0.15, 0.2) is 11.5 Å². The molecular formula is C32H42N4O8. The third-order valence-electron chi connectivity index (χ3n) is 8.11. The van der Waals surface area contributed by atoms with E-state index in [9.17, 15) is 14.4 Å². The van der Waals surface area contributed by atoms with E-state index in [4.69, 9.17) is 23.7 Å². The lowest BCUT2D eigenvalue weighted by Gasteiger charge is -2.28. The molecule has 1 N–H and O–H groups in total. The number of methoxy groups -OCH3 is 2. The fourth-order valence-electron chi connectivity index (χ4n) is 5.71. The van der Waals surface area contributed by atoms with Crippen LogP contribution in [0.2, 0.25) is 0 Å². The number of nitrogens with one attached hydrogen (secondary N) is 1. The Labute approximate surface area is 258 Å². The Balaban J connectivity index is 1.37. The maximum absolute atomic E-state index is 13.3. The number of hydrogen-bond donors (Lipinski definition) is 1. The Bertz CT molecular complexity index is 1300. The van der Waals surface area contributed by atoms with Crippen LogP contribution in [0.15, 0.2) is 42.5 Å². The zero-order valence-electron chi connectivity index (χ0n) is 25.5. The molecule has 0 spiro atoms. The van der Waals surface area contributed by atoms with Gasteiger partial charge < -0.3 is 38.8 Å². The van der Waals surface area contributed by atoms with E-state index in [1.54, 1.807) is 14.2 Å². The Morgan fingerprint density at radius 1 is 1.02 bits per heavy atom. The Kier molecular flexibility index (Phi) is 11.1. The molecule has 5 rings (SSSR count). The van der Waals surface area contributed by atoms with Gasteiger partial charge in [0.1, 0.15) is 5.75 Å². The molecule has 0 saturated carbocycles. The lowest BCUT2D eigenvalue weighted by molar-refractivity contribution is -0.137. The summed E-state index contributed by atoms with van der Waals surface area (Å²) in [5.74, 6) is 1.35. The summed E-state index contributed by atoms with van der Waals surface area (Å²) in [7, 11) is 3.15. The first kappa shape index (κ1) is 31.7. The third-order valence-corrected chi connectivity index (χ3v) is 8.11. The normalized spacial score (nSPS) is 22.0. The summed E-state index contributed by atoms with van der Waals surface area (Å²) >= 11 is 0. The van der Waals surface area contributed by atoms with Gasteiger partial charge in [-0.05, 0) is 41.8 Å². The minimum absolute atomic E-state index is 0.0323.